The van der Waals surface area contributed by atoms with Crippen molar-refractivity contribution in [1.82, 2.24) is 0 Å². The Hall–Kier alpha value is -1.20. The molecule has 0 aliphatic carbocycles. The maximum Gasteiger partial charge on any atom is 0.512 e. The first-order valence-corrected chi connectivity index (χ1v) is 4.46. The molecule has 6 heteroatoms. The minimum atomic E-state index is -5.30. The van der Waals surface area contributed by atoms with E-state index in [0.29, 0.717) is 6.07 Å². The highest BCUT2D eigenvalue weighted by Crippen LogP contribution is 2.17. The minimum Gasteiger partial charge on any atom is -0.491 e. The Morgan fingerprint density at radius 3 is 2.20 bits per heavy atom. The van der Waals surface area contributed by atoms with E-state index in [4.69, 9.17) is 4.74 Å². The molecule has 0 aromatic heterocycles. The number of ether oxygens (including phenoxy) is 1. The van der Waals surface area contributed by atoms with Crippen molar-refractivity contribution in [3.63, 3.8) is 0 Å². The highest BCUT2D eigenvalue weighted by Gasteiger charge is 2.28. The fraction of sp³-hybridized carbons (Fsp3) is 0.333. The van der Waals surface area contributed by atoms with Gasteiger partial charge in [-0.3, -0.25) is 0 Å². The zero-order valence-electron chi connectivity index (χ0n) is 8.31. The van der Waals surface area contributed by atoms with E-state index in [0.717, 1.165) is 12.1 Å². The average Bonchev–Trinajstić information content (AvgIpc) is 1.99. The van der Waals surface area contributed by atoms with Crippen LogP contribution in [0.5, 0.6) is 5.75 Å². The first kappa shape index (κ1) is 11.9. The van der Waals surface area contributed by atoms with Gasteiger partial charge in [-0.05, 0) is 19.9 Å². The molecule has 84 valence electrons. The zero-order valence-corrected chi connectivity index (χ0v) is 8.31. The van der Waals surface area contributed by atoms with Gasteiger partial charge < -0.3 is 17.7 Å². The van der Waals surface area contributed by atoms with Crippen LogP contribution in [0.1, 0.15) is 13.8 Å². The summed E-state index contributed by atoms with van der Waals surface area (Å²) >= 11 is 0. The Kier molecular flexibility index (Phi) is 3.26. The van der Waals surface area contributed by atoms with Gasteiger partial charge in [0.25, 0.3) is 0 Å². The van der Waals surface area contributed by atoms with Gasteiger partial charge in [-0.25, -0.2) is 4.39 Å². The maximum atomic E-state index is 13.0. The molecular weight excluding hydrogens is 211 g/mol. The summed E-state index contributed by atoms with van der Waals surface area (Å²) in [5, 5.41) is 0. The summed E-state index contributed by atoms with van der Waals surface area (Å²) in [4.78, 5) is 0. The predicted octanol–water partition coefficient (Wildman–Crippen LogP) is 2.67. The van der Waals surface area contributed by atoms with Gasteiger partial charge in [0, 0.05) is 6.07 Å². The van der Waals surface area contributed by atoms with Gasteiger partial charge in [0.05, 0.1) is 11.9 Å². The zero-order chi connectivity index (χ0) is 11.6. The maximum absolute atomic E-state index is 13.0. The third-order valence-corrected chi connectivity index (χ3v) is 1.70. The average molecular weight is 221 g/mol. The van der Waals surface area contributed by atoms with E-state index in [2.05, 4.69) is 0 Å². The van der Waals surface area contributed by atoms with Crippen molar-refractivity contribution in [2.75, 3.05) is 0 Å². The molecular formula is C9H10BF4O-. The highest BCUT2D eigenvalue weighted by atomic mass is 19.4. The van der Waals surface area contributed by atoms with Crippen molar-refractivity contribution >= 4 is 12.4 Å². The molecule has 0 unspecified atom stereocenters. The van der Waals surface area contributed by atoms with Crippen molar-refractivity contribution in [3.8, 4) is 5.75 Å². The van der Waals surface area contributed by atoms with Crippen LogP contribution in [0.25, 0.3) is 0 Å². The second-order valence-electron chi connectivity index (χ2n) is 3.42. The molecule has 0 saturated carbocycles. The molecule has 1 aromatic rings. The largest absolute Gasteiger partial charge is 0.512 e. The molecule has 0 atom stereocenters. The smallest absolute Gasteiger partial charge is 0.491 e. The number of rotatable bonds is 3. The van der Waals surface area contributed by atoms with Gasteiger partial charge >= 0.3 is 6.98 Å². The summed E-state index contributed by atoms with van der Waals surface area (Å²) in [7, 11) is 0. The monoisotopic (exact) mass is 221 g/mol. The van der Waals surface area contributed by atoms with E-state index in [1.165, 1.54) is 0 Å². The molecule has 0 saturated heterocycles. The minimum absolute atomic E-state index is 0.103. The van der Waals surface area contributed by atoms with E-state index < -0.39 is 18.3 Å². The molecule has 0 heterocycles. The van der Waals surface area contributed by atoms with Crippen molar-refractivity contribution in [1.29, 1.82) is 0 Å². The Morgan fingerprint density at radius 1 is 1.20 bits per heavy atom. The van der Waals surface area contributed by atoms with E-state index in [1.54, 1.807) is 13.8 Å². The quantitative estimate of drug-likeness (QED) is 0.563. The number of hydrogen-bond donors (Lipinski definition) is 0. The van der Waals surface area contributed by atoms with Crippen LogP contribution in [0.15, 0.2) is 18.2 Å². The van der Waals surface area contributed by atoms with Gasteiger partial charge in [-0.2, -0.15) is 0 Å². The summed E-state index contributed by atoms with van der Waals surface area (Å²) in [6.07, 6.45) is -0.202. The lowest BCUT2D eigenvalue weighted by atomic mass is 9.80. The topological polar surface area (TPSA) is 9.23 Å². The SMILES string of the molecule is CC(C)Oc1ccc([B-](F)(F)F)c(F)c1. The van der Waals surface area contributed by atoms with Crippen LogP contribution < -0.4 is 10.2 Å². The molecule has 1 nitrogen and oxygen atoms in total. The Balaban J connectivity index is 2.99. The van der Waals surface area contributed by atoms with Crippen LogP contribution in [-0.4, -0.2) is 13.1 Å². The molecule has 0 radical (unpaired) electrons. The van der Waals surface area contributed by atoms with E-state index >= 15 is 0 Å². The van der Waals surface area contributed by atoms with Gasteiger partial charge in [-0.15, -0.1) is 0 Å². The Labute approximate surface area is 85.1 Å². The first-order chi connectivity index (χ1) is 6.80. The first-order valence-electron chi connectivity index (χ1n) is 4.46. The lowest BCUT2D eigenvalue weighted by Crippen LogP contribution is -2.36. The van der Waals surface area contributed by atoms with Crippen LogP contribution in [0, 0.1) is 5.82 Å². The second kappa shape index (κ2) is 4.12. The molecule has 15 heavy (non-hydrogen) atoms. The van der Waals surface area contributed by atoms with Crippen LogP contribution >= 0.6 is 0 Å². The lowest BCUT2D eigenvalue weighted by molar-refractivity contribution is 0.241. The fourth-order valence-electron chi connectivity index (χ4n) is 1.12. The lowest BCUT2D eigenvalue weighted by Gasteiger charge is -2.17. The summed E-state index contributed by atoms with van der Waals surface area (Å²) in [5.41, 5.74) is -1.22. The van der Waals surface area contributed by atoms with Crippen molar-refractivity contribution in [3.05, 3.63) is 24.0 Å². The third kappa shape index (κ3) is 3.14. The predicted molar refractivity (Wildman–Crippen MR) is 50.9 cm³/mol. The molecule has 0 amide bonds. The number of halogens is 4. The molecule has 0 aliphatic rings. The van der Waals surface area contributed by atoms with Crippen LogP contribution in [0.3, 0.4) is 0 Å². The molecule has 0 N–H and O–H groups in total. The Bertz CT molecular complexity index is 348. The van der Waals surface area contributed by atoms with E-state index in [9.17, 15) is 17.3 Å². The number of benzene rings is 1. The molecule has 0 aliphatic heterocycles. The summed E-state index contributed by atoms with van der Waals surface area (Å²) in [6.45, 7) is -1.88. The van der Waals surface area contributed by atoms with Gasteiger partial charge in [-0.1, -0.05) is 11.5 Å². The summed E-state index contributed by atoms with van der Waals surface area (Å²) < 4.78 is 54.7. The van der Waals surface area contributed by atoms with Gasteiger partial charge in [0.15, 0.2) is 0 Å². The molecule has 0 spiro atoms. The van der Waals surface area contributed by atoms with Crippen LogP contribution in [-0.2, 0) is 0 Å². The van der Waals surface area contributed by atoms with Crippen molar-refractivity contribution < 1.29 is 22.1 Å². The molecule has 0 fully saturated rings. The summed E-state index contributed by atoms with van der Waals surface area (Å²) in [6, 6.07) is 2.57. The summed E-state index contributed by atoms with van der Waals surface area (Å²) in [5.74, 6) is -1.19. The molecule has 1 rings (SSSR count). The van der Waals surface area contributed by atoms with Crippen molar-refractivity contribution in [2.45, 2.75) is 20.0 Å². The van der Waals surface area contributed by atoms with Gasteiger partial charge in [0.1, 0.15) is 5.75 Å². The third-order valence-electron chi connectivity index (χ3n) is 1.70. The highest BCUT2D eigenvalue weighted by molar-refractivity contribution is 6.73. The van der Waals surface area contributed by atoms with E-state index in [1.807, 2.05) is 0 Å². The van der Waals surface area contributed by atoms with Crippen LogP contribution in [0.4, 0.5) is 17.3 Å². The van der Waals surface area contributed by atoms with E-state index in [-0.39, 0.29) is 11.9 Å². The number of hydrogen-bond acceptors (Lipinski definition) is 1. The molecule has 0 bridgehead atoms. The normalized spacial score (nSPS) is 11.9. The second-order valence-corrected chi connectivity index (χ2v) is 3.42. The van der Waals surface area contributed by atoms with Crippen molar-refractivity contribution in [2.24, 2.45) is 0 Å². The Morgan fingerprint density at radius 2 is 1.80 bits per heavy atom. The molecule has 1 aromatic carbocycles. The van der Waals surface area contributed by atoms with Gasteiger partial charge in [0.2, 0.25) is 0 Å². The van der Waals surface area contributed by atoms with Crippen LogP contribution in [0.2, 0.25) is 0 Å². The standard InChI is InChI=1S/C9H10BF4O/c1-6(2)15-7-3-4-8(9(11)5-7)10(12,13)14/h3-6H,1-2H3/q-1. The fourth-order valence-corrected chi connectivity index (χ4v) is 1.12.